The SMILES string of the molecule is Cc1noc(-c2ccnnc2)n1. The molecule has 2 aromatic heterocycles. The smallest absolute Gasteiger partial charge is 0.259 e. The monoisotopic (exact) mass is 162 g/mol. The average molecular weight is 162 g/mol. The normalized spacial score (nSPS) is 10.1. The van der Waals surface area contributed by atoms with Gasteiger partial charge in [-0.3, -0.25) is 0 Å². The lowest BCUT2D eigenvalue weighted by molar-refractivity contribution is 0.425. The minimum Gasteiger partial charge on any atom is -0.334 e. The second-order valence-corrected chi connectivity index (χ2v) is 2.28. The van der Waals surface area contributed by atoms with Crippen molar-refractivity contribution >= 4 is 0 Å². The molecule has 0 saturated heterocycles. The molecule has 0 aliphatic carbocycles. The van der Waals surface area contributed by atoms with Crippen LogP contribution in [0.2, 0.25) is 0 Å². The van der Waals surface area contributed by atoms with Gasteiger partial charge in [0.05, 0.1) is 18.0 Å². The fraction of sp³-hybridized carbons (Fsp3) is 0.143. The fourth-order valence-electron chi connectivity index (χ4n) is 0.832. The lowest BCUT2D eigenvalue weighted by atomic mass is 10.3. The van der Waals surface area contributed by atoms with Gasteiger partial charge in [0.2, 0.25) is 0 Å². The summed E-state index contributed by atoms with van der Waals surface area (Å²) >= 11 is 0. The van der Waals surface area contributed by atoms with Crippen molar-refractivity contribution in [1.82, 2.24) is 20.3 Å². The van der Waals surface area contributed by atoms with Gasteiger partial charge in [0.1, 0.15) is 0 Å². The first-order valence-corrected chi connectivity index (χ1v) is 3.43. The molecule has 0 fully saturated rings. The van der Waals surface area contributed by atoms with Gasteiger partial charge in [-0.05, 0) is 13.0 Å². The number of aromatic nitrogens is 4. The van der Waals surface area contributed by atoms with Crippen molar-refractivity contribution in [1.29, 1.82) is 0 Å². The molecule has 0 bridgehead atoms. The van der Waals surface area contributed by atoms with Crippen LogP contribution in [0, 0.1) is 6.92 Å². The lowest BCUT2D eigenvalue weighted by Crippen LogP contribution is -1.81. The van der Waals surface area contributed by atoms with Crippen molar-refractivity contribution in [2.24, 2.45) is 0 Å². The first-order valence-electron chi connectivity index (χ1n) is 3.43. The van der Waals surface area contributed by atoms with Gasteiger partial charge in [0.15, 0.2) is 5.82 Å². The van der Waals surface area contributed by atoms with Gasteiger partial charge in [0, 0.05) is 0 Å². The van der Waals surface area contributed by atoms with Crippen LogP contribution >= 0.6 is 0 Å². The zero-order valence-corrected chi connectivity index (χ0v) is 6.43. The molecule has 0 N–H and O–H groups in total. The molecule has 0 spiro atoms. The van der Waals surface area contributed by atoms with Crippen molar-refractivity contribution < 1.29 is 4.52 Å². The summed E-state index contributed by atoms with van der Waals surface area (Å²) < 4.78 is 4.92. The summed E-state index contributed by atoms with van der Waals surface area (Å²) in [5, 5.41) is 11.0. The Bertz CT molecular complexity index is 370. The third kappa shape index (κ3) is 1.16. The van der Waals surface area contributed by atoms with Gasteiger partial charge >= 0.3 is 0 Å². The van der Waals surface area contributed by atoms with E-state index in [9.17, 15) is 0 Å². The van der Waals surface area contributed by atoms with E-state index >= 15 is 0 Å². The number of hydrogen-bond acceptors (Lipinski definition) is 5. The zero-order valence-electron chi connectivity index (χ0n) is 6.43. The highest BCUT2D eigenvalue weighted by Gasteiger charge is 2.04. The molecule has 60 valence electrons. The van der Waals surface area contributed by atoms with E-state index < -0.39 is 0 Å². The Kier molecular flexibility index (Phi) is 1.55. The number of nitrogens with zero attached hydrogens (tertiary/aromatic N) is 4. The topological polar surface area (TPSA) is 64.7 Å². The predicted molar refractivity (Wildman–Crippen MR) is 40.1 cm³/mol. The fourth-order valence-corrected chi connectivity index (χ4v) is 0.832. The highest BCUT2D eigenvalue weighted by atomic mass is 16.5. The van der Waals surface area contributed by atoms with Crippen molar-refractivity contribution in [3.63, 3.8) is 0 Å². The van der Waals surface area contributed by atoms with Crippen LogP contribution in [0.25, 0.3) is 11.5 Å². The van der Waals surface area contributed by atoms with Crippen LogP contribution in [0.1, 0.15) is 5.82 Å². The molecule has 5 nitrogen and oxygen atoms in total. The summed E-state index contributed by atoms with van der Waals surface area (Å²) in [6.45, 7) is 1.77. The lowest BCUT2D eigenvalue weighted by Gasteiger charge is -1.88. The molecule has 2 rings (SSSR count). The van der Waals surface area contributed by atoms with Crippen LogP contribution in [0.4, 0.5) is 0 Å². The van der Waals surface area contributed by atoms with E-state index in [1.54, 1.807) is 25.4 Å². The molecular formula is C7H6N4O. The molecule has 0 atom stereocenters. The summed E-state index contributed by atoms with van der Waals surface area (Å²) in [5.41, 5.74) is 0.783. The number of aryl methyl sites for hydroxylation is 1. The van der Waals surface area contributed by atoms with Crippen LogP contribution in [-0.2, 0) is 0 Å². The maximum Gasteiger partial charge on any atom is 0.259 e. The molecule has 0 unspecified atom stereocenters. The van der Waals surface area contributed by atoms with Crippen molar-refractivity contribution in [3.05, 3.63) is 24.3 Å². The molecule has 2 aromatic rings. The maximum atomic E-state index is 4.92. The second-order valence-electron chi connectivity index (χ2n) is 2.28. The Hall–Kier alpha value is -1.78. The van der Waals surface area contributed by atoms with Gasteiger partial charge in [-0.1, -0.05) is 5.16 Å². The highest BCUT2D eigenvalue weighted by molar-refractivity contribution is 5.49. The van der Waals surface area contributed by atoms with Gasteiger partial charge < -0.3 is 4.52 Å². The van der Waals surface area contributed by atoms with Gasteiger partial charge in [-0.25, -0.2) is 0 Å². The third-order valence-electron chi connectivity index (χ3n) is 1.36. The largest absolute Gasteiger partial charge is 0.334 e. The molecule has 12 heavy (non-hydrogen) atoms. The Morgan fingerprint density at radius 3 is 2.83 bits per heavy atom. The molecular weight excluding hydrogens is 156 g/mol. The molecule has 0 aliphatic rings. The molecule has 0 aromatic carbocycles. The van der Waals surface area contributed by atoms with Crippen molar-refractivity contribution in [2.45, 2.75) is 6.92 Å². The number of hydrogen-bond donors (Lipinski definition) is 0. The Morgan fingerprint density at radius 1 is 1.33 bits per heavy atom. The quantitative estimate of drug-likeness (QED) is 0.621. The summed E-state index contributed by atoms with van der Waals surface area (Å²) in [5.74, 6) is 1.09. The summed E-state index contributed by atoms with van der Waals surface area (Å²) in [7, 11) is 0. The van der Waals surface area contributed by atoms with E-state index in [0.717, 1.165) is 5.56 Å². The Balaban J connectivity index is 2.45. The van der Waals surface area contributed by atoms with Crippen LogP contribution in [0.15, 0.2) is 23.0 Å². The molecule has 5 heteroatoms. The molecule has 0 aliphatic heterocycles. The number of rotatable bonds is 1. The van der Waals surface area contributed by atoms with Crippen molar-refractivity contribution in [3.8, 4) is 11.5 Å². The van der Waals surface area contributed by atoms with Crippen LogP contribution in [0.3, 0.4) is 0 Å². The second kappa shape index (κ2) is 2.69. The Labute approximate surface area is 68.4 Å². The Morgan fingerprint density at radius 2 is 2.25 bits per heavy atom. The minimum absolute atomic E-state index is 0.474. The molecule has 0 radical (unpaired) electrons. The van der Waals surface area contributed by atoms with E-state index in [2.05, 4.69) is 20.3 Å². The van der Waals surface area contributed by atoms with Crippen LogP contribution in [0.5, 0.6) is 0 Å². The molecule has 2 heterocycles. The zero-order chi connectivity index (χ0) is 8.39. The maximum absolute atomic E-state index is 4.92. The van der Waals surface area contributed by atoms with E-state index in [-0.39, 0.29) is 0 Å². The van der Waals surface area contributed by atoms with Crippen LogP contribution in [-0.4, -0.2) is 20.3 Å². The first kappa shape index (κ1) is 6.90. The predicted octanol–water partition coefficient (Wildman–Crippen LogP) is 0.835. The minimum atomic E-state index is 0.474. The van der Waals surface area contributed by atoms with Crippen molar-refractivity contribution in [2.75, 3.05) is 0 Å². The van der Waals surface area contributed by atoms with Crippen LogP contribution < -0.4 is 0 Å². The summed E-state index contributed by atoms with van der Waals surface area (Å²) in [6, 6.07) is 1.76. The van der Waals surface area contributed by atoms with Gasteiger partial charge in [-0.15, -0.1) is 0 Å². The average Bonchev–Trinajstić information content (AvgIpc) is 2.54. The van der Waals surface area contributed by atoms with E-state index in [0.29, 0.717) is 11.7 Å². The molecule has 0 amide bonds. The highest BCUT2D eigenvalue weighted by Crippen LogP contribution is 2.13. The van der Waals surface area contributed by atoms with E-state index in [1.807, 2.05) is 0 Å². The van der Waals surface area contributed by atoms with Gasteiger partial charge in [0.25, 0.3) is 5.89 Å². The van der Waals surface area contributed by atoms with E-state index in [1.165, 1.54) is 0 Å². The summed E-state index contributed by atoms with van der Waals surface area (Å²) in [6.07, 6.45) is 3.15. The van der Waals surface area contributed by atoms with E-state index in [4.69, 9.17) is 4.52 Å². The summed E-state index contributed by atoms with van der Waals surface area (Å²) in [4.78, 5) is 4.04. The standard InChI is InChI=1S/C7H6N4O/c1-5-10-7(12-11-5)6-2-3-8-9-4-6/h2-4H,1H3. The van der Waals surface area contributed by atoms with Gasteiger partial charge in [-0.2, -0.15) is 15.2 Å². The third-order valence-corrected chi connectivity index (χ3v) is 1.36. The molecule has 0 saturated carbocycles. The first-order chi connectivity index (χ1) is 5.86.